The van der Waals surface area contributed by atoms with Crippen LogP contribution in [0.5, 0.6) is 0 Å². The molecule has 2 aliphatic heterocycles. The van der Waals surface area contributed by atoms with Gasteiger partial charge in [0.15, 0.2) is 0 Å². The van der Waals surface area contributed by atoms with E-state index in [2.05, 4.69) is 46.2 Å². The maximum Gasteiger partial charge on any atom is 0.0366 e. The normalized spacial score (nSPS) is 23.2. The van der Waals surface area contributed by atoms with Crippen LogP contribution >= 0.6 is 11.8 Å². The second-order valence-electron chi connectivity index (χ2n) is 5.63. The molecule has 1 atom stereocenters. The Morgan fingerprint density at radius 1 is 1.11 bits per heavy atom. The van der Waals surface area contributed by atoms with Gasteiger partial charge in [-0.25, -0.2) is 0 Å². The molecule has 2 aliphatic rings. The second kappa shape index (κ2) is 6.67. The minimum atomic E-state index is 0.851. The Hall–Kier alpha value is -0.670. The predicted octanol–water partition coefficient (Wildman–Crippen LogP) is 3.27. The molecule has 2 heterocycles. The number of rotatable bonds is 5. The van der Waals surface area contributed by atoms with Crippen LogP contribution in [0.1, 0.15) is 31.2 Å². The van der Waals surface area contributed by atoms with Crippen molar-refractivity contribution in [3.8, 4) is 0 Å². The standard InChI is InChI=1S/C16H24N2S/c1-2-10-18(9-1)15-7-5-14(6-8-15)12-17-13-16-4-3-11-19-16/h5-8,16-17H,1-4,9-13H2. The van der Waals surface area contributed by atoms with Crippen LogP contribution in [0, 0.1) is 0 Å². The third kappa shape index (κ3) is 3.67. The molecule has 0 amide bonds. The summed E-state index contributed by atoms with van der Waals surface area (Å²) in [6.45, 7) is 4.64. The van der Waals surface area contributed by atoms with E-state index in [1.54, 1.807) is 0 Å². The van der Waals surface area contributed by atoms with Gasteiger partial charge in [0.05, 0.1) is 0 Å². The lowest BCUT2D eigenvalue weighted by molar-refractivity contribution is 0.646. The molecule has 1 aromatic rings. The quantitative estimate of drug-likeness (QED) is 0.888. The van der Waals surface area contributed by atoms with Crippen LogP contribution < -0.4 is 10.2 Å². The number of hydrogen-bond donors (Lipinski definition) is 1. The first kappa shape index (κ1) is 13.3. The van der Waals surface area contributed by atoms with Gasteiger partial charge in [-0.2, -0.15) is 11.8 Å². The lowest BCUT2D eigenvalue weighted by Gasteiger charge is -2.18. The van der Waals surface area contributed by atoms with E-state index in [1.807, 2.05) is 0 Å². The van der Waals surface area contributed by atoms with Crippen LogP contribution in [-0.2, 0) is 6.54 Å². The summed E-state index contributed by atoms with van der Waals surface area (Å²) in [5.74, 6) is 1.36. The summed E-state index contributed by atoms with van der Waals surface area (Å²) in [7, 11) is 0. The van der Waals surface area contributed by atoms with E-state index < -0.39 is 0 Å². The molecular weight excluding hydrogens is 252 g/mol. The fourth-order valence-electron chi connectivity index (χ4n) is 2.98. The molecule has 3 rings (SSSR count). The summed E-state index contributed by atoms with van der Waals surface area (Å²) in [6.07, 6.45) is 5.50. The summed E-state index contributed by atoms with van der Waals surface area (Å²) < 4.78 is 0. The van der Waals surface area contributed by atoms with Gasteiger partial charge in [-0.15, -0.1) is 0 Å². The monoisotopic (exact) mass is 276 g/mol. The maximum atomic E-state index is 3.60. The molecule has 104 valence electrons. The molecule has 0 saturated carbocycles. The van der Waals surface area contributed by atoms with Crippen LogP contribution in [0.2, 0.25) is 0 Å². The van der Waals surface area contributed by atoms with E-state index in [4.69, 9.17) is 0 Å². The molecule has 0 aliphatic carbocycles. The molecule has 1 aromatic carbocycles. The van der Waals surface area contributed by atoms with Crippen molar-refractivity contribution in [2.24, 2.45) is 0 Å². The van der Waals surface area contributed by atoms with Gasteiger partial charge in [-0.1, -0.05) is 12.1 Å². The zero-order chi connectivity index (χ0) is 12.9. The van der Waals surface area contributed by atoms with Crippen molar-refractivity contribution in [1.82, 2.24) is 5.32 Å². The van der Waals surface area contributed by atoms with Gasteiger partial charge < -0.3 is 10.2 Å². The third-order valence-electron chi connectivity index (χ3n) is 4.13. The summed E-state index contributed by atoms with van der Waals surface area (Å²) >= 11 is 2.13. The number of anilines is 1. The minimum absolute atomic E-state index is 0.851. The lowest BCUT2D eigenvalue weighted by atomic mass is 10.2. The van der Waals surface area contributed by atoms with Crippen LogP contribution in [0.25, 0.3) is 0 Å². The Morgan fingerprint density at radius 2 is 1.89 bits per heavy atom. The van der Waals surface area contributed by atoms with Crippen LogP contribution in [0.15, 0.2) is 24.3 Å². The smallest absolute Gasteiger partial charge is 0.0366 e. The van der Waals surface area contributed by atoms with E-state index in [0.717, 1.165) is 11.8 Å². The first-order chi connectivity index (χ1) is 9.42. The van der Waals surface area contributed by atoms with Gasteiger partial charge in [-0.3, -0.25) is 0 Å². The van der Waals surface area contributed by atoms with Crippen molar-refractivity contribution in [3.63, 3.8) is 0 Å². The number of hydrogen-bond acceptors (Lipinski definition) is 3. The maximum absolute atomic E-state index is 3.60. The van der Waals surface area contributed by atoms with E-state index in [1.165, 1.54) is 62.3 Å². The molecule has 0 radical (unpaired) electrons. The van der Waals surface area contributed by atoms with Gasteiger partial charge in [0.1, 0.15) is 0 Å². The molecule has 0 bridgehead atoms. The van der Waals surface area contributed by atoms with E-state index >= 15 is 0 Å². The minimum Gasteiger partial charge on any atom is -0.372 e. The van der Waals surface area contributed by atoms with E-state index in [0.29, 0.717) is 0 Å². The number of nitrogens with zero attached hydrogens (tertiary/aromatic N) is 1. The SMILES string of the molecule is c1cc(N2CCCC2)ccc1CNCC1CCCS1. The van der Waals surface area contributed by atoms with Crippen molar-refractivity contribution in [1.29, 1.82) is 0 Å². The Bertz CT molecular complexity index is 378. The molecule has 1 N–H and O–H groups in total. The number of thioether (sulfide) groups is 1. The third-order valence-corrected chi connectivity index (χ3v) is 5.53. The van der Waals surface area contributed by atoms with Crippen molar-refractivity contribution < 1.29 is 0 Å². The Morgan fingerprint density at radius 3 is 2.58 bits per heavy atom. The highest BCUT2D eigenvalue weighted by atomic mass is 32.2. The summed E-state index contributed by atoms with van der Waals surface area (Å²) in [5.41, 5.74) is 2.80. The lowest BCUT2D eigenvalue weighted by Crippen LogP contribution is -2.22. The highest BCUT2D eigenvalue weighted by Crippen LogP contribution is 2.25. The van der Waals surface area contributed by atoms with Crippen molar-refractivity contribution >= 4 is 17.4 Å². The van der Waals surface area contributed by atoms with Gasteiger partial charge >= 0.3 is 0 Å². The summed E-state index contributed by atoms with van der Waals surface area (Å²) in [5, 5.41) is 4.45. The number of benzene rings is 1. The molecule has 2 saturated heterocycles. The van der Waals surface area contributed by atoms with Crippen molar-refractivity contribution in [2.75, 3.05) is 30.3 Å². The first-order valence-corrected chi connectivity index (χ1v) is 8.63. The largest absolute Gasteiger partial charge is 0.372 e. The van der Waals surface area contributed by atoms with Crippen molar-refractivity contribution in [3.05, 3.63) is 29.8 Å². The topological polar surface area (TPSA) is 15.3 Å². The summed E-state index contributed by atoms with van der Waals surface area (Å²) in [4.78, 5) is 2.49. The molecule has 0 spiro atoms. The predicted molar refractivity (Wildman–Crippen MR) is 85.1 cm³/mol. The van der Waals surface area contributed by atoms with Gasteiger partial charge in [-0.05, 0) is 49.1 Å². The first-order valence-electron chi connectivity index (χ1n) is 7.58. The molecular formula is C16H24N2S. The van der Waals surface area contributed by atoms with E-state index in [-0.39, 0.29) is 0 Å². The van der Waals surface area contributed by atoms with Crippen LogP contribution in [0.4, 0.5) is 5.69 Å². The molecule has 3 heteroatoms. The van der Waals surface area contributed by atoms with Gasteiger partial charge in [0.25, 0.3) is 0 Å². The molecule has 19 heavy (non-hydrogen) atoms. The zero-order valence-electron chi connectivity index (χ0n) is 11.6. The van der Waals surface area contributed by atoms with Crippen LogP contribution in [-0.4, -0.2) is 30.6 Å². The van der Waals surface area contributed by atoms with E-state index in [9.17, 15) is 0 Å². The zero-order valence-corrected chi connectivity index (χ0v) is 12.4. The molecule has 1 unspecified atom stereocenters. The summed E-state index contributed by atoms with van der Waals surface area (Å²) in [6, 6.07) is 9.13. The van der Waals surface area contributed by atoms with Crippen molar-refractivity contribution in [2.45, 2.75) is 37.5 Å². The molecule has 0 aromatic heterocycles. The fraction of sp³-hybridized carbons (Fsp3) is 0.625. The number of nitrogens with one attached hydrogen (secondary N) is 1. The average molecular weight is 276 g/mol. The Kier molecular flexibility index (Phi) is 4.67. The Labute approximate surface area is 121 Å². The van der Waals surface area contributed by atoms with Gasteiger partial charge in [0, 0.05) is 37.1 Å². The molecule has 2 nitrogen and oxygen atoms in total. The molecule has 2 fully saturated rings. The second-order valence-corrected chi connectivity index (χ2v) is 7.03. The Balaban J connectivity index is 1.45. The highest BCUT2D eigenvalue weighted by Gasteiger charge is 2.14. The highest BCUT2D eigenvalue weighted by molar-refractivity contribution is 8.00. The average Bonchev–Trinajstić information content (AvgIpc) is 3.13. The fourth-order valence-corrected chi connectivity index (χ4v) is 4.22. The van der Waals surface area contributed by atoms with Crippen LogP contribution in [0.3, 0.4) is 0 Å². The van der Waals surface area contributed by atoms with Gasteiger partial charge in [0.2, 0.25) is 0 Å².